The van der Waals surface area contributed by atoms with E-state index in [2.05, 4.69) is 5.32 Å². The fraction of sp³-hybridized carbons (Fsp3) is 0.500. The first kappa shape index (κ1) is 15.8. The van der Waals surface area contributed by atoms with Gasteiger partial charge in [0.2, 0.25) is 0 Å². The molecule has 2 rings (SSSR count). The molecule has 1 aliphatic heterocycles. The van der Waals surface area contributed by atoms with Crippen molar-refractivity contribution in [3.05, 3.63) is 35.9 Å². The number of hydrogen-bond donors (Lipinski definition) is 2. The number of amides is 1. The van der Waals surface area contributed by atoms with E-state index in [-0.39, 0.29) is 17.9 Å². The highest BCUT2D eigenvalue weighted by molar-refractivity contribution is 5.85. The van der Waals surface area contributed by atoms with Gasteiger partial charge in [-0.2, -0.15) is 0 Å². The third kappa shape index (κ3) is 3.85. The minimum Gasteiger partial charge on any atom is -0.465 e. The molecule has 0 aliphatic carbocycles. The highest BCUT2D eigenvalue weighted by Gasteiger charge is 2.36. The Morgan fingerprint density at radius 2 is 1.89 bits per heavy atom. The number of benzene rings is 1. The van der Waals surface area contributed by atoms with E-state index in [1.807, 2.05) is 37.3 Å². The van der Waals surface area contributed by atoms with Crippen LogP contribution in [0.1, 0.15) is 25.3 Å². The Morgan fingerprint density at radius 1 is 1.32 bits per heavy atom. The monoisotopic (exact) mass is 284 g/mol. The Hall–Kier alpha value is -1.26. The maximum atomic E-state index is 11.5. The van der Waals surface area contributed by atoms with Crippen LogP contribution in [-0.2, 0) is 6.54 Å². The predicted molar refractivity (Wildman–Crippen MR) is 77.8 cm³/mol. The van der Waals surface area contributed by atoms with Gasteiger partial charge in [0.05, 0.1) is 0 Å². The van der Waals surface area contributed by atoms with Gasteiger partial charge in [-0.3, -0.25) is 4.90 Å². The lowest BCUT2D eigenvalue weighted by Gasteiger charge is -2.42. The Kier molecular flexibility index (Phi) is 5.63. The van der Waals surface area contributed by atoms with Crippen molar-refractivity contribution >= 4 is 18.5 Å². The fourth-order valence-corrected chi connectivity index (χ4v) is 2.49. The van der Waals surface area contributed by atoms with Gasteiger partial charge >= 0.3 is 6.09 Å². The molecule has 0 atom stereocenters. The first-order valence-electron chi connectivity index (χ1n) is 6.37. The van der Waals surface area contributed by atoms with Gasteiger partial charge in [-0.25, -0.2) is 4.79 Å². The van der Waals surface area contributed by atoms with E-state index in [4.69, 9.17) is 0 Å². The fourth-order valence-electron chi connectivity index (χ4n) is 2.49. The number of halogens is 1. The van der Waals surface area contributed by atoms with E-state index in [1.165, 1.54) is 0 Å². The van der Waals surface area contributed by atoms with Crippen molar-refractivity contribution in [2.75, 3.05) is 13.1 Å². The highest BCUT2D eigenvalue weighted by Crippen LogP contribution is 2.27. The normalized spacial score (nSPS) is 17.3. The lowest BCUT2D eigenvalue weighted by molar-refractivity contribution is 0.0596. The van der Waals surface area contributed by atoms with Crippen LogP contribution < -0.4 is 5.32 Å². The zero-order chi connectivity index (χ0) is 13.0. The largest absolute Gasteiger partial charge is 0.465 e. The molecule has 1 heterocycles. The van der Waals surface area contributed by atoms with Gasteiger partial charge in [0.1, 0.15) is 0 Å². The van der Waals surface area contributed by atoms with Gasteiger partial charge in [-0.15, -0.1) is 12.4 Å². The molecule has 1 fully saturated rings. The summed E-state index contributed by atoms with van der Waals surface area (Å²) >= 11 is 0. The van der Waals surface area contributed by atoms with Crippen LogP contribution in [0.25, 0.3) is 0 Å². The molecule has 5 heteroatoms. The van der Waals surface area contributed by atoms with E-state index in [1.54, 1.807) is 4.90 Å². The summed E-state index contributed by atoms with van der Waals surface area (Å²) in [5, 5.41) is 12.7. The first-order chi connectivity index (χ1) is 8.62. The van der Waals surface area contributed by atoms with Crippen LogP contribution in [0.2, 0.25) is 0 Å². The summed E-state index contributed by atoms with van der Waals surface area (Å²) in [5.74, 6) is 0. The molecule has 4 nitrogen and oxygen atoms in total. The van der Waals surface area contributed by atoms with Crippen molar-refractivity contribution < 1.29 is 9.90 Å². The van der Waals surface area contributed by atoms with E-state index < -0.39 is 6.09 Å². The summed E-state index contributed by atoms with van der Waals surface area (Å²) in [4.78, 5) is 13.1. The third-order valence-electron chi connectivity index (χ3n) is 3.75. The standard InChI is InChI=1S/C14H20N2O2.ClH/c1-14(7-9-15-10-8-14)16(13(17)18)11-12-5-3-2-4-6-12;/h2-6,15H,7-11H2,1H3,(H,17,18);1H. The molecule has 1 aromatic rings. The average Bonchev–Trinajstić information content (AvgIpc) is 2.37. The Bertz CT molecular complexity index is 405. The van der Waals surface area contributed by atoms with Crippen molar-refractivity contribution in [1.29, 1.82) is 0 Å². The van der Waals surface area contributed by atoms with E-state index in [0.29, 0.717) is 6.54 Å². The number of carboxylic acid groups (broad SMARTS) is 1. The van der Waals surface area contributed by atoms with Gasteiger partial charge in [0.25, 0.3) is 0 Å². The maximum Gasteiger partial charge on any atom is 0.408 e. The molecule has 0 bridgehead atoms. The molecule has 106 valence electrons. The van der Waals surface area contributed by atoms with Gasteiger partial charge < -0.3 is 10.4 Å². The molecule has 0 spiro atoms. The van der Waals surface area contributed by atoms with Crippen LogP contribution >= 0.6 is 12.4 Å². The molecule has 2 N–H and O–H groups in total. The minimum absolute atomic E-state index is 0. The van der Waals surface area contributed by atoms with Gasteiger partial charge in [0, 0.05) is 12.1 Å². The Morgan fingerprint density at radius 3 is 2.42 bits per heavy atom. The highest BCUT2D eigenvalue weighted by atomic mass is 35.5. The molecule has 0 radical (unpaired) electrons. The van der Waals surface area contributed by atoms with Gasteiger partial charge in [-0.05, 0) is 38.4 Å². The molecule has 1 aliphatic rings. The summed E-state index contributed by atoms with van der Waals surface area (Å²) in [5.41, 5.74) is 0.784. The smallest absolute Gasteiger partial charge is 0.408 e. The molecule has 0 aromatic heterocycles. The first-order valence-corrected chi connectivity index (χ1v) is 6.37. The number of rotatable bonds is 3. The number of nitrogens with zero attached hydrogens (tertiary/aromatic N) is 1. The summed E-state index contributed by atoms with van der Waals surface area (Å²) in [7, 11) is 0. The summed E-state index contributed by atoms with van der Waals surface area (Å²) in [6.07, 6.45) is 0.904. The van der Waals surface area contributed by atoms with Crippen LogP contribution in [0.15, 0.2) is 30.3 Å². The van der Waals surface area contributed by atoms with Crippen molar-refractivity contribution in [1.82, 2.24) is 10.2 Å². The van der Waals surface area contributed by atoms with E-state index in [9.17, 15) is 9.90 Å². The molecule has 0 saturated carbocycles. The van der Waals surface area contributed by atoms with Crippen molar-refractivity contribution in [2.24, 2.45) is 0 Å². The molecular weight excluding hydrogens is 264 g/mol. The zero-order valence-electron chi connectivity index (χ0n) is 11.1. The van der Waals surface area contributed by atoms with Crippen LogP contribution in [0.3, 0.4) is 0 Å². The quantitative estimate of drug-likeness (QED) is 0.897. The lowest BCUT2D eigenvalue weighted by atomic mass is 9.88. The molecular formula is C14H21ClN2O2. The lowest BCUT2D eigenvalue weighted by Crippen LogP contribution is -2.54. The Labute approximate surface area is 120 Å². The van der Waals surface area contributed by atoms with E-state index >= 15 is 0 Å². The van der Waals surface area contributed by atoms with Crippen molar-refractivity contribution in [3.63, 3.8) is 0 Å². The van der Waals surface area contributed by atoms with Crippen molar-refractivity contribution in [3.8, 4) is 0 Å². The second kappa shape index (κ2) is 6.78. The number of piperidine rings is 1. The molecule has 19 heavy (non-hydrogen) atoms. The molecule has 0 unspecified atom stereocenters. The van der Waals surface area contributed by atoms with Crippen LogP contribution in [0.5, 0.6) is 0 Å². The van der Waals surface area contributed by atoms with Gasteiger partial charge in [0.15, 0.2) is 0 Å². The maximum absolute atomic E-state index is 11.5. The predicted octanol–water partition coefficient (Wildman–Crippen LogP) is 2.73. The van der Waals surface area contributed by atoms with Crippen molar-refractivity contribution in [2.45, 2.75) is 31.8 Å². The van der Waals surface area contributed by atoms with E-state index in [0.717, 1.165) is 31.5 Å². The zero-order valence-corrected chi connectivity index (χ0v) is 11.9. The number of carbonyl (C=O) groups is 1. The topological polar surface area (TPSA) is 52.6 Å². The molecule has 1 aromatic carbocycles. The summed E-state index contributed by atoms with van der Waals surface area (Å²) < 4.78 is 0. The minimum atomic E-state index is -0.830. The molecule has 1 saturated heterocycles. The van der Waals surface area contributed by atoms with Crippen LogP contribution in [-0.4, -0.2) is 34.7 Å². The number of hydrogen-bond acceptors (Lipinski definition) is 2. The SMILES string of the molecule is CC1(N(Cc2ccccc2)C(=O)O)CCNCC1.Cl. The Balaban J connectivity index is 0.00000180. The van der Waals surface area contributed by atoms with Crippen LogP contribution in [0, 0.1) is 0 Å². The summed E-state index contributed by atoms with van der Waals surface area (Å²) in [6, 6.07) is 9.78. The molecule has 1 amide bonds. The number of nitrogens with one attached hydrogen (secondary N) is 1. The van der Waals surface area contributed by atoms with Crippen LogP contribution in [0.4, 0.5) is 4.79 Å². The second-order valence-electron chi connectivity index (χ2n) is 5.10. The summed E-state index contributed by atoms with van der Waals surface area (Å²) in [6.45, 7) is 4.28. The second-order valence-corrected chi connectivity index (χ2v) is 5.10. The third-order valence-corrected chi connectivity index (χ3v) is 3.75. The average molecular weight is 285 g/mol. The van der Waals surface area contributed by atoms with Gasteiger partial charge in [-0.1, -0.05) is 30.3 Å².